The average molecular weight is 261 g/mol. The van der Waals surface area contributed by atoms with E-state index in [4.69, 9.17) is 4.52 Å². The first kappa shape index (κ1) is 12.3. The molecule has 1 saturated heterocycles. The van der Waals surface area contributed by atoms with E-state index in [0.717, 1.165) is 25.9 Å². The number of rotatable bonds is 4. The predicted octanol–water partition coefficient (Wildman–Crippen LogP) is 1.95. The van der Waals surface area contributed by atoms with Gasteiger partial charge in [-0.3, -0.25) is 0 Å². The molecule has 2 aromatic rings. The monoisotopic (exact) mass is 261 g/mol. The molecule has 2 heterocycles. The molecule has 1 atom stereocenters. The lowest BCUT2D eigenvalue weighted by Gasteiger charge is -2.01. The van der Waals surface area contributed by atoms with Crippen molar-refractivity contribution >= 4 is 0 Å². The van der Waals surface area contributed by atoms with Crippen LogP contribution in [-0.2, 0) is 12.8 Å². The first-order valence-corrected chi connectivity index (χ1v) is 6.57. The second kappa shape index (κ2) is 5.48. The van der Waals surface area contributed by atoms with Gasteiger partial charge in [0.25, 0.3) is 0 Å². The molecule has 1 unspecified atom stereocenters. The Hall–Kier alpha value is -1.75. The Bertz CT molecular complexity index is 549. The highest BCUT2D eigenvalue weighted by molar-refractivity contribution is 5.20. The van der Waals surface area contributed by atoms with Crippen LogP contribution in [0.2, 0.25) is 0 Å². The fourth-order valence-electron chi connectivity index (χ4n) is 2.39. The Morgan fingerprint density at radius 3 is 3.05 bits per heavy atom. The molecular weight excluding hydrogens is 245 g/mol. The number of benzene rings is 1. The van der Waals surface area contributed by atoms with E-state index in [0.29, 0.717) is 29.6 Å². The average Bonchev–Trinajstić information content (AvgIpc) is 3.05. The minimum atomic E-state index is -0.228. The van der Waals surface area contributed by atoms with E-state index < -0.39 is 0 Å². The summed E-state index contributed by atoms with van der Waals surface area (Å²) in [7, 11) is 0. The third-order valence-electron chi connectivity index (χ3n) is 3.44. The first-order valence-electron chi connectivity index (χ1n) is 6.57. The molecule has 1 aromatic heterocycles. The number of hydrogen-bond acceptors (Lipinski definition) is 4. The van der Waals surface area contributed by atoms with Gasteiger partial charge in [-0.15, -0.1) is 0 Å². The zero-order valence-corrected chi connectivity index (χ0v) is 10.6. The third-order valence-corrected chi connectivity index (χ3v) is 3.44. The zero-order chi connectivity index (χ0) is 13.1. The van der Waals surface area contributed by atoms with Crippen LogP contribution in [0.3, 0.4) is 0 Å². The molecule has 0 radical (unpaired) electrons. The Labute approximate surface area is 111 Å². The molecule has 0 bridgehead atoms. The van der Waals surface area contributed by atoms with Crippen LogP contribution in [0.5, 0.6) is 0 Å². The third kappa shape index (κ3) is 2.98. The Morgan fingerprint density at radius 2 is 2.26 bits per heavy atom. The normalized spacial score (nSPS) is 18.9. The van der Waals surface area contributed by atoms with Gasteiger partial charge < -0.3 is 9.84 Å². The fraction of sp³-hybridized carbons (Fsp3) is 0.429. The molecule has 1 aliphatic heterocycles. The van der Waals surface area contributed by atoms with Gasteiger partial charge in [0.1, 0.15) is 5.82 Å². The lowest BCUT2D eigenvalue weighted by atomic mass is 10.1. The van der Waals surface area contributed by atoms with E-state index in [1.165, 1.54) is 6.07 Å². The Balaban J connectivity index is 1.66. The van der Waals surface area contributed by atoms with Crippen LogP contribution < -0.4 is 5.32 Å². The highest BCUT2D eigenvalue weighted by Gasteiger charge is 2.18. The predicted molar refractivity (Wildman–Crippen MR) is 68.2 cm³/mol. The second-order valence-electron chi connectivity index (χ2n) is 4.94. The summed E-state index contributed by atoms with van der Waals surface area (Å²) in [5, 5.41) is 7.23. The van der Waals surface area contributed by atoms with Crippen molar-refractivity contribution in [3.05, 3.63) is 47.4 Å². The van der Waals surface area contributed by atoms with Crippen molar-refractivity contribution in [1.29, 1.82) is 0 Å². The molecule has 0 aliphatic carbocycles. The summed E-state index contributed by atoms with van der Waals surface area (Å²) in [4.78, 5) is 4.34. The van der Waals surface area contributed by atoms with Gasteiger partial charge in [-0.1, -0.05) is 23.4 Å². The maximum absolute atomic E-state index is 13.5. The highest BCUT2D eigenvalue weighted by atomic mass is 19.1. The molecule has 1 aromatic carbocycles. The van der Waals surface area contributed by atoms with E-state index in [1.807, 2.05) is 6.07 Å². The molecule has 100 valence electrons. The van der Waals surface area contributed by atoms with Crippen molar-refractivity contribution < 1.29 is 8.91 Å². The van der Waals surface area contributed by atoms with Crippen molar-refractivity contribution in [3.8, 4) is 0 Å². The maximum atomic E-state index is 13.5. The van der Waals surface area contributed by atoms with Gasteiger partial charge in [0, 0.05) is 12.8 Å². The molecule has 0 spiro atoms. The van der Waals surface area contributed by atoms with E-state index in [2.05, 4.69) is 15.5 Å². The zero-order valence-electron chi connectivity index (χ0n) is 10.6. The summed E-state index contributed by atoms with van der Waals surface area (Å²) in [5.41, 5.74) is 0.595. The van der Waals surface area contributed by atoms with E-state index in [1.54, 1.807) is 12.1 Å². The van der Waals surface area contributed by atoms with Crippen molar-refractivity contribution in [1.82, 2.24) is 15.5 Å². The van der Waals surface area contributed by atoms with Crippen LogP contribution in [0.4, 0.5) is 4.39 Å². The summed E-state index contributed by atoms with van der Waals surface area (Å²) in [6.45, 7) is 2.06. The summed E-state index contributed by atoms with van der Waals surface area (Å²) in [5.74, 6) is 1.54. The van der Waals surface area contributed by atoms with E-state index in [-0.39, 0.29) is 5.82 Å². The van der Waals surface area contributed by atoms with Gasteiger partial charge in [-0.05, 0) is 37.1 Å². The van der Waals surface area contributed by atoms with Gasteiger partial charge in [0.05, 0.1) is 0 Å². The van der Waals surface area contributed by atoms with Gasteiger partial charge >= 0.3 is 0 Å². The van der Waals surface area contributed by atoms with Crippen molar-refractivity contribution in [3.63, 3.8) is 0 Å². The first-order chi connectivity index (χ1) is 9.31. The molecule has 1 aliphatic rings. The van der Waals surface area contributed by atoms with Crippen molar-refractivity contribution in [2.24, 2.45) is 5.92 Å². The van der Waals surface area contributed by atoms with Gasteiger partial charge in [0.15, 0.2) is 5.82 Å². The molecule has 3 rings (SSSR count). The van der Waals surface area contributed by atoms with Crippen LogP contribution in [0.15, 0.2) is 28.8 Å². The van der Waals surface area contributed by atoms with Crippen molar-refractivity contribution in [2.45, 2.75) is 19.3 Å². The number of nitrogens with one attached hydrogen (secondary N) is 1. The van der Waals surface area contributed by atoms with Crippen LogP contribution in [0.1, 0.15) is 23.7 Å². The molecule has 0 saturated carbocycles. The van der Waals surface area contributed by atoms with E-state index in [9.17, 15) is 4.39 Å². The Morgan fingerprint density at radius 1 is 1.37 bits per heavy atom. The SMILES string of the molecule is Fc1ccccc1Cc1noc(CC2CCNC2)n1. The summed E-state index contributed by atoms with van der Waals surface area (Å²) >= 11 is 0. The van der Waals surface area contributed by atoms with Gasteiger partial charge in [-0.25, -0.2) is 4.39 Å². The number of nitrogens with zero attached hydrogens (tertiary/aromatic N) is 2. The largest absolute Gasteiger partial charge is 0.339 e. The van der Waals surface area contributed by atoms with Crippen LogP contribution >= 0.6 is 0 Å². The Kier molecular flexibility index (Phi) is 3.55. The van der Waals surface area contributed by atoms with Crippen molar-refractivity contribution in [2.75, 3.05) is 13.1 Å². The second-order valence-corrected chi connectivity index (χ2v) is 4.94. The van der Waals surface area contributed by atoms with Crippen LogP contribution in [0.25, 0.3) is 0 Å². The molecule has 1 N–H and O–H groups in total. The number of halogens is 1. The summed E-state index contributed by atoms with van der Waals surface area (Å²) in [6, 6.07) is 6.67. The van der Waals surface area contributed by atoms with E-state index >= 15 is 0 Å². The van der Waals surface area contributed by atoms with Gasteiger partial charge in [0.2, 0.25) is 5.89 Å². The summed E-state index contributed by atoms with van der Waals surface area (Å²) in [6.07, 6.45) is 2.32. The number of hydrogen-bond donors (Lipinski definition) is 1. The standard InChI is InChI=1S/C14H16FN3O/c15-12-4-2-1-3-11(12)8-13-17-14(19-18-13)7-10-5-6-16-9-10/h1-4,10,16H,5-9H2. The lowest BCUT2D eigenvalue weighted by Crippen LogP contribution is -2.10. The molecule has 4 nitrogen and oxygen atoms in total. The quantitative estimate of drug-likeness (QED) is 0.914. The van der Waals surface area contributed by atoms with Crippen LogP contribution in [0, 0.1) is 11.7 Å². The highest BCUT2D eigenvalue weighted by Crippen LogP contribution is 2.15. The van der Waals surface area contributed by atoms with Gasteiger partial charge in [-0.2, -0.15) is 4.98 Å². The van der Waals surface area contributed by atoms with Crippen LogP contribution in [-0.4, -0.2) is 23.2 Å². The molecule has 0 amide bonds. The molecule has 1 fully saturated rings. The summed E-state index contributed by atoms with van der Waals surface area (Å²) < 4.78 is 18.7. The fourth-order valence-corrected chi connectivity index (χ4v) is 2.39. The minimum absolute atomic E-state index is 0.228. The smallest absolute Gasteiger partial charge is 0.226 e. The topological polar surface area (TPSA) is 51.0 Å². The minimum Gasteiger partial charge on any atom is -0.339 e. The molecule has 5 heteroatoms. The molecule has 19 heavy (non-hydrogen) atoms. The maximum Gasteiger partial charge on any atom is 0.226 e. The number of aromatic nitrogens is 2. The molecular formula is C14H16FN3O. The lowest BCUT2D eigenvalue weighted by molar-refractivity contribution is 0.354.